The molecule has 7 nitrogen and oxygen atoms in total. The molecule has 1 aliphatic heterocycles. The molecule has 3 aromatic carbocycles. The van der Waals surface area contributed by atoms with Gasteiger partial charge in [0.1, 0.15) is 11.5 Å². The highest BCUT2D eigenvalue weighted by Gasteiger charge is 2.37. The van der Waals surface area contributed by atoms with Crippen LogP contribution in [-0.2, 0) is 21.2 Å². The SMILES string of the molecule is COc1ccc(S(=O)(=O)N2C[C@H](C(=O)NCCc3ccc(Cl)cc3)Oc3cc(C)ccc32)cc1. The summed E-state index contributed by atoms with van der Waals surface area (Å²) < 4.78 is 39.3. The number of benzene rings is 3. The van der Waals surface area contributed by atoms with E-state index in [1.165, 1.54) is 23.5 Å². The highest BCUT2D eigenvalue weighted by Crippen LogP contribution is 2.38. The van der Waals surface area contributed by atoms with E-state index >= 15 is 0 Å². The first-order chi connectivity index (χ1) is 16.3. The van der Waals surface area contributed by atoms with Crippen LogP contribution in [0.2, 0.25) is 5.02 Å². The topological polar surface area (TPSA) is 84.9 Å². The normalized spacial score (nSPS) is 15.3. The van der Waals surface area contributed by atoms with Gasteiger partial charge in [0, 0.05) is 11.6 Å². The van der Waals surface area contributed by atoms with Gasteiger partial charge in [-0.2, -0.15) is 0 Å². The van der Waals surface area contributed by atoms with E-state index in [-0.39, 0.29) is 17.3 Å². The van der Waals surface area contributed by atoms with Crippen molar-refractivity contribution in [2.24, 2.45) is 0 Å². The number of ether oxygens (including phenoxy) is 2. The van der Waals surface area contributed by atoms with E-state index in [2.05, 4.69) is 5.32 Å². The van der Waals surface area contributed by atoms with Gasteiger partial charge >= 0.3 is 0 Å². The number of amides is 1. The van der Waals surface area contributed by atoms with Gasteiger partial charge in [-0.05, 0) is 73.0 Å². The Morgan fingerprint density at radius 3 is 2.50 bits per heavy atom. The van der Waals surface area contributed by atoms with Gasteiger partial charge in [-0.25, -0.2) is 8.42 Å². The van der Waals surface area contributed by atoms with Gasteiger partial charge in [0.15, 0.2) is 6.10 Å². The lowest BCUT2D eigenvalue weighted by atomic mass is 10.1. The number of carbonyl (C=O) groups excluding carboxylic acids is 1. The first kappa shape index (κ1) is 23.9. The van der Waals surface area contributed by atoms with E-state index in [1.807, 2.05) is 25.1 Å². The molecule has 1 heterocycles. The van der Waals surface area contributed by atoms with Crippen LogP contribution in [0, 0.1) is 6.92 Å². The summed E-state index contributed by atoms with van der Waals surface area (Å²) >= 11 is 5.91. The Labute approximate surface area is 204 Å². The average molecular weight is 501 g/mol. The maximum absolute atomic E-state index is 13.5. The molecular formula is C25H25ClN2O5S. The second-order valence-electron chi connectivity index (χ2n) is 7.96. The zero-order valence-electron chi connectivity index (χ0n) is 18.8. The van der Waals surface area contributed by atoms with E-state index < -0.39 is 16.1 Å². The van der Waals surface area contributed by atoms with Gasteiger partial charge in [-0.15, -0.1) is 0 Å². The Morgan fingerprint density at radius 1 is 1.12 bits per heavy atom. The lowest BCUT2D eigenvalue weighted by molar-refractivity contribution is -0.127. The maximum atomic E-state index is 13.5. The highest BCUT2D eigenvalue weighted by molar-refractivity contribution is 7.92. The molecule has 0 saturated heterocycles. The minimum atomic E-state index is -3.94. The predicted octanol–water partition coefficient (Wildman–Crippen LogP) is 3.97. The number of fused-ring (bicyclic) bond motifs is 1. The van der Waals surface area contributed by atoms with Gasteiger partial charge in [0.25, 0.3) is 15.9 Å². The van der Waals surface area contributed by atoms with Crippen molar-refractivity contribution in [2.75, 3.05) is 24.5 Å². The Hall–Kier alpha value is -3.23. The molecule has 4 rings (SSSR count). The highest BCUT2D eigenvalue weighted by atomic mass is 35.5. The molecule has 0 bridgehead atoms. The molecule has 3 aromatic rings. The molecule has 9 heteroatoms. The fourth-order valence-electron chi connectivity index (χ4n) is 3.70. The van der Waals surface area contributed by atoms with Crippen molar-refractivity contribution in [3.8, 4) is 11.5 Å². The molecule has 0 radical (unpaired) electrons. The standard InChI is InChI=1S/C25H25ClN2O5S/c1-17-3-12-22-23(15-17)33-24(25(29)27-14-13-18-4-6-19(26)7-5-18)16-28(22)34(30,31)21-10-8-20(32-2)9-11-21/h3-12,15,24H,13-14,16H2,1-2H3,(H,27,29)/t24-/m1/s1. The Morgan fingerprint density at radius 2 is 1.82 bits per heavy atom. The average Bonchev–Trinajstić information content (AvgIpc) is 2.84. The van der Waals surface area contributed by atoms with Gasteiger partial charge in [-0.1, -0.05) is 29.8 Å². The summed E-state index contributed by atoms with van der Waals surface area (Å²) in [5.41, 5.74) is 2.31. The zero-order chi connectivity index (χ0) is 24.3. The van der Waals surface area contributed by atoms with Crippen LogP contribution in [0.3, 0.4) is 0 Å². The summed E-state index contributed by atoms with van der Waals surface area (Å²) in [5, 5.41) is 3.50. The second-order valence-corrected chi connectivity index (χ2v) is 10.3. The van der Waals surface area contributed by atoms with E-state index in [9.17, 15) is 13.2 Å². The fourth-order valence-corrected chi connectivity index (χ4v) is 5.30. The monoisotopic (exact) mass is 500 g/mol. The maximum Gasteiger partial charge on any atom is 0.264 e. The predicted molar refractivity (Wildman–Crippen MR) is 131 cm³/mol. The van der Waals surface area contributed by atoms with Crippen molar-refractivity contribution in [1.29, 1.82) is 0 Å². The number of aryl methyl sites for hydroxylation is 1. The van der Waals surface area contributed by atoms with Crippen LogP contribution in [0.4, 0.5) is 5.69 Å². The van der Waals surface area contributed by atoms with Crippen molar-refractivity contribution < 1.29 is 22.7 Å². The molecule has 1 N–H and O–H groups in total. The smallest absolute Gasteiger partial charge is 0.264 e. The van der Waals surface area contributed by atoms with Crippen molar-refractivity contribution >= 4 is 33.2 Å². The fraction of sp³-hybridized carbons (Fsp3) is 0.240. The Bertz CT molecular complexity index is 1280. The number of hydrogen-bond donors (Lipinski definition) is 1. The van der Waals surface area contributed by atoms with Crippen LogP contribution in [0.15, 0.2) is 71.6 Å². The largest absolute Gasteiger partial charge is 0.497 e. The number of halogens is 1. The molecule has 0 spiro atoms. The second kappa shape index (κ2) is 9.95. The summed E-state index contributed by atoms with van der Waals surface area (Å²) in [6.45, 7) is 2.12. The lowest BCUT2D eigenvalue weighted by Crippen LogP contribution is -2.51. The van der Waals surface area contributed by atoms with Gasteiger partial charge in [0.05, 0.1) is 24.2 Å². The van der Waals surface area contributed by atoms with Gasteiger partial charge in [-0.3, -0.25) is 9.10 Å². The third-order valence-electron chi connectivity index (χ3n) is 5.55. The number of nitrogens with zero attached hydrogens (tertiary/aromatic N) is 1. The van der Waals surface area contributed by atoms with E-state index in [4.69, 9.17) is 21.1 Å². The number of rotatable bonds is 7. The minimum absolute atomic E-state index is 0.101. The van der Waals surface area contributed by atoms with Crippen molar-refractivity contribution in [1.82, 2.24) is 5.32 Å². The molecule has 178 valence electrons. The van der Waals surface area contributed by atoms with Crippen molar-refractivity contribution in [3.63, 3.8) is 0 Å². The Kier molecular flexibility index (Phi) is 7.00. The number of sulfonamides is 1. The van der Waals surface area contributed by atoms with Gasteiger partial charge < -0.3 is 14.8 Å². The molecule has 0 unspecified atom stereocenters. The van der Waals surface area contributed by atoms with E-state index in [0.29, 0.717) is 35.2 Å². The van der Waals surface area contributed by atoms with Crippen molar-refractivity contribution in [3.05, 3.63) is 82.9 Å². The number of methoxy groups -OCH3 is 1. The molecular weight excluding hydrogens is 476 g/mol. The third kappa shape index (κ3) is 5.13. The number of anilines is 1. The quantitative estimate of drug-likeness (QED) is 0.530. The van der Waals surface area contributed by atoms with Crippen LogP contribution >= 0.6 is 11.6 Å². The summed E-state index contributed by atoms with van der Waals surface area (Å²) in [4.78, 5) is 13.0. The molecule has 1 aliphatic rings. The summed E-state index contributed by atoms with van der Waals surface area (Å²) in [6.07, 6.45) is -0.383. The minimum Gasteiger partial charge on any atom is -0.497 e. The van der Waals surface area contributed by atoms with Gasteiger partial charge in [0.2, 0.25) is 0 Å². The Balaban J connectivity index is 1.55. The lowest BCUT2D eigenvalue weighted by Gasteiger charge is -2.35. The first-order valence-corrected chi connectivity index (χ1v) is 12.6. The molecule has 0 aliphatic carbocycles. The van der Waals surface area contributed by atoms with Crippen LogP contribution in [0.1, 0.15) is 11.1 Å². The number of nitrogens with one attached hydrogen (secondary N) is 1. The van der Waals surface area contributed by atoms with Crippen molar-refractivity contribution in [2.45, 2.75) is 24.3 Å². The van der Waals surface area contributed by atoms with Crippen LogP contribution < -0.4 is 19.1 Å². The van der Waals surface area contributed by atoms with Crippen LogP contribution in [0.25, 0.3) is 0 Å². The molecule has 0 saturated carbocycles. The van der Waals surface area contributed by atoms with E-state index in [1.54, 1.807) is 36.4 Å². The van der Waals surface area contributed by atoms with Crippen LogP contribution in [0.5, 0.6) is 11.5 Å². The number of hydrogen-bond acceptors (Lipinski definition) is 5. The molecule has 34 heavy (non-hydrogen) atoms. The summed E-state index contributed by atoms with van der Waals surface area (Å²) in [6, 6.07) is 18.8. The zero-order valence-corrected chi connectivity index (χ0v) is 20.4. The summed E-state index contributed by atoms with van der Waals surface area (Å²) in [5.74, 6) is 0.520. The first-order valence-electron chi connectivity index (χ1n) is 10.7. The summed E-state index contributed by atoms with van der Waals surface area (Å²) in [7, 11) is -2.43. The van der Waals surface area contributed by atoms with Crippen LogP contribution in [-0.4, -0.2) is 40.6 Å². The molecule has 1 amide bonds. The molecule has 1 atom stereocenters. The van der Waals surface area contributed by atoms with E-state index in [0.717, 1.165) is 11.1 Å². The third-order valence-corrected chi connectivity index (χ3v) is 7.60. The molecule has 0 fully saturated rings. The number of carbonyl (C=O) groups is 1. The molecule has 0 aromatic heterocycles.